The number of phenols is 1. The number of nitrogens with two attached hydrogens (primary N) is 1. The second-order valence-corrected chi connectivity index (χ2v) is 7.64. The van der Waals surface area contributed by atoms with E-state index in [1.807, 2.05) is 0 Å². The van der Waals surface area contributed by atoms with Gasteiger partial charge < -0.3 is 16.2 Å². The van der Waals surface area contributed by atoms with Crippen LogP contribution < -0.4 is 11.1 Å². The Morgan fingerprint density at radius 1 is 1.08 bits per heavy atom. The van der Waals surface area contributed by atoms with E-state index in [4.69, 9.17) is 10.3 Å². The van der Waals surface area contributed by atoms with Gasteiger partial charge in [0, 0.05) is 23.8 Å². The van der Waals surface area contributed by atoms with Gasteiger partial charge in [-0.1, -0.05) is 0 Å². The molecule has 0 aliphatic rings. The van der Waals surface area contributed by atoms with E-state index in [1.165, 1.54) is 0 Å². The number of anilines is 2. The molecule has 0 saturated carbocycles. The molecule has 0 atom stereocenters. The minimum Gasteiger partial charge on any atom is -0.507 e. The fourth-order valence-corrected chi connectivity index (χ4v) is 3.34. The summed E-state index contributed by atoms with van der Waals surface area (Å²) in [4.78, 5) is 9.72. The van der Waals surface area contributed by atoms with E-state index < -0.39 is 47.4 Å². The van der Waals surface area contributed by atoms with Crippen LogP contribution in [0.5, 0.6) is 5.75 Å². The zero-order valence-corrected chi connectivity index (χ0v) is 13.6. The van der Waals surface area contributed by atoms with Gasteiger partial charge in [0.15, 0.2) is 0 Å². The number of fused-ring (bicyclic) bond motifs is 1. The first-order valence-corrected chi connectivity index (χ1v) is 9.02. The molecule has 24 heavy (non-hydrogen) atoms. The normalized spacial score (nSPS) is 12.3. The van der Waals surface area contributed by atoms with Crippen molar-refractivity contribution in [1.29, 1.82) is 0 Å². The first-order valence-electron chi connectivity index (χ1n) is 6.14. The first-order chi connectivity index (χ1) is 10.8. The second kappa shape index (κ2) is 5.59. The maximum atomic E-state index is 11.4. The molecule has 0 aliphatic carbocycles. The van der Waals surface area contributed by atoms with Crippen molar-refractivity contribution in [3.05, 3.63) is 18.2 Å². The van der Waals surface area contributed by atoms with E-state index in [0.717, 1.165) is 19.1 Å². The smallest absolute Gasteiger partial charge is 0.296 e. The molecule has 0 aliphatic heterocycles. The van der Waals surface area contributed by atoms with Crippen molar-refractivity contribution in [1.82, 2.24) is 0 Å². The van der Waals surface area contributed by atoms with Crippen LogP contribution in [0.15, 0.2) is 28.0 Å². The largest absolute Gasteiger partial charge is 0.507 e. The number of rotatable bonds is 3. The molecule has 130 valence electrons. The molecule has 0 saturated heterocycles. The Kier molecular flexibility index (Phi) is 4.18. The lowest BCUT2D eigenvalue weighted by atomic mass is 10.1. The molecule has 2 rings (SSSR count). The zero-order chi connectivity index (χ0) is 18.4. The van der Waals surface area contributed by atoms with E-state index in [1.54, 1.807) is 0 Å². The minimum atomic E-state index is -4.81. The number of nitrogens with one attached hydrogen (secondary N) is 1. The summed E-state index contributed by atoms with van der Waals surface area (Å²) in [5.74, 6) is -1.31. The van der Waals surface area contributed by atoms with E-state index >= 15 is 0 Å². The topological polar surface area (TPSA) is 184 Å². The number of aromatic hydroxyl groups is 1. The van der Waals surface area contributed by atoms with E-state index in [9.17, 15) is 31.3 Å². The van der Waals surface area contributed by atoms with Crippen LogP contribution in [0.2, 0.25) is 0 Å². The van der Waals surface area contributed by atoms with Crippen LogP contribution in [-0.2, 0) is 25.0 Å². The van der Waals surface area contributed by atoms with Crippen molar-refractivity contribution in [2.75, 3.05) is 11.1 Å². The SMILES string of the molecule is CC(=O)Nc1cc(S(=O)(=O)O)c(N)c2cc(S(=O)(=O)O)cc(O)c12. The fraction of sp³-hybridized carbons (Fsp3) is 0.0833. The number of hydrogen-bond donors (Lipinski definition) is 5. The quantitative estimate of drug-likeness (QED) is 0.377. The first kappa shape index (κ1) is 17.9. The minimum absolute atomic E-state index is 0.164. The van der Waals surface area contributed by atoms with Gasteiger partial charge in [0.25, 0.3) is 20.2 Å². The monoisotopic (exact) mass is 376 g/mol. The van der Waals surface area contributed by atoms with Crippen LogP contribution in [0.1, 0.15) is 6.92 Å². The summed E-state index contributed by atoms with van der Waals surface area (Å²) in [6, 6.07) is 2.33. The van der Waals surface area contributed by atoms with Crippen molar-refractivity contribution < 1.29 is 35.8 Å². The summed E-state index contributed by atoms with van der Waals surface area (Å²) in [6.45, 7) is 1.11. The van der Waals surface area contributed by atoms with Gasteiger partial charge in [0.1, 0.15) is 10.6 Å². The van der Waals surface area contributed by atoms with Gasteiger partial charge in [0.2, 0.25) is 5.91 Å². The third kappa shape index (κ3) is 3.26. The lowest BCUT2D eigenvalue weighted by Gasteiger charge is -2.15. The second-order valence-electron chi connectivity index (χ2n) is 4.83. The maximum Gasteiger partial charge on any atom is 0.296 e. The highest BCUT2D eigenvalue weighted by atomic mass is 32.2. The van der Waals surface area contributed by atoms with Gasteiger partial charge in [-0.2, -0.15) is 16.8 Å². The van der Waals surface area contributed by atoms with Gasteiger partial charge in [-0.3, -0.25) is 13.9 Å². The van der Waals surface area contributed by atoms with Crippen LogP contribution >= 0.6 is 0 Å². The Hall–Kier alpha value is -2.41. The van der Waals surface area contributed by atoms with Crippen LogP contribution in [-0.4, -0.2) is 37.0 Å². The summed E-state index contributed by atoms with van der Waals surface area (Å²) in [6.07, 6.45) is 0. The molecule has 0 radical (unpaired) electrons. The summed E-state index contributed by atoms with van der Waals surface area (Å²) < 4.78 is 63.7. The molecule has 0 unspecified atom stereocenters. The van der Waals surface area contributed by atoms with Crippen molar-refractivity contribution in [3.8, 4) is 5.75 Å². The molecule has 2 aromatic carbocycles. The van der Waals surface area contributed by atoms with Crippen LogP contribution in [0.4, 0.5) is 11.4 Å². The molecule has 1 amide bonds. The third-order valence-corrected chi connectivity index (χ3v) is 4.80. The molecule has 0 bridgehead atoms. The highest BCUT2D eigenvalue weighted by molar-refractivity contribution is 7.86. The number of benzene rings is 2. The summed E-state index contributed by atoms with van der Waals surface area (Å²) >= 11 is 0. The fourth-order valence-electron chi connectivity index (χ4n) is 2.16. The Bertz CT molecular complexity index is 1070. The highest BCUT2D eigenvalue weighted by Gasteiger charge is 2.23. The number of nitrogen functional groups attached to an aromatic ring is 1. The van der Waals surface area contributed by atoms with E-state index in [2.05, 4.69) is 5.32 Å². The van der Waals surface area contributed by atoms with Gasteiger partial charge in [-0.15, -0.1) is 0 Å². The summed E-state index contributed by atoms with van der Waals surface area (Å²) in [7, 11) is -9.55. The molecule has 0 aromatic heterocycles. The van der Waals surface area contributed by atoms with Crippen molar-refractivity contribution in [3.63, 3.8) is 0 Å². The van der Waals surface area contributed by atoms with E-state index in [-0.39, 0.29) is 16.5 Å². The molecule has 2 aromatic rings. The van der Waals surface area contributed by atoms with Crippen LogP contribution in [0, 0.1) is 0 Å². The molecule has 12 heteroatoms. The molecule has 0 fully saturated rings. The number of phenolic OH excluding ortho intramolecular Hbond substituents is 1. The maximum absolute atomic E-state index is 11.4. The molecule has 6 N–H and O–H groups in total. The van der Waals surface area contributed by atoms with Gasteiger partial charge in [-0.25, -0.2) is 0 Å². The van der Waals surface area contributed by atoms with E-state index in [0.29, 0.717) is 6.07 Å². The number of carbonyl (C=O) groups is 1. The Labute approximate surface area is 136 Å². The number of amides is 1. The Morgan fingerprint density at radius 3 is 2.12 bits per heavy atom. The van der Waals surface area contributed by atoms with Crippen LogP contribution in [0.25, 0.3) is 10.8 Å². The molecule has 10 nitrogen and oxygen atoms in total. The Balaban J connectivity index is 3.07. The molecule has 0 heterocycles. The number of carbonyl (C=O) groups excluding carboxylic acids is 1. The number of hydrogen-bond acceptors (Lipinski definition) is 7. The van der Waals surface area contributed by atoms with Crippen molar-refractivity contribution in [2.45, 2.75) is 16.7 Å². The highest BCUT2D eigenvalue weighted by Crippen LogP contribution is 2.40. The van der Waals surface area contributed by atoms with Crippen molar-refractivity contribution in [2.24, 2.45) is 0 Å². The average molecular weight is 376 g/mol. The molecule has 0 spiro atoms. The van der Waals surface area contributed by atoms with Gasteiger partial charge in [0.05, 0.1) is 16.3 Å². The predicted octanol–water partition coefficient (Wildman–Crippen LogP) is 0.579. The predicted molar refractivity (Wildman–Crippen MR) is 84.0 cm³/mol. The summed E-state index contributed by atoms with van der Waals surface area (Å²) in [5, 5.41) is 11.8. The van der Waals surface area contributed by atoms with Crippen LogP contribution in [0.3, 0.4) is 0 Å². The van der Waals surface area contributed by atoms with Gasteiger partial charge in [-0.05, 0) is 12.1 Å². The standard InChI is InChI=1S/C12H12N2O8S2/c1-5(15)14-8-4-10(24(20,21)22)12(13)7-2-6(23(17,18)19)3-9(16)11(7)8/h2-4,16H,13H2,1H3,(H,14,15)(H,17,18,19)(H,20,21,22). The van der Waals surface area contributed by atoms with Crippen molar-refractivity contribution >= 4 is 48.3 Å². The third-order valence-electron chi connectivity index (χ3n) is 3.08. The summed E-state index contributed by atoms with van der Waals surface area (Å²) in [5.41, 5.74) is 4.86. The molecular weight excluding hydrogens is 364 g/mol. The Morgan fingerprint density at radius 2 is 1.67 bits per heavy atom. The van der Waals surface area contributed by atoms with Gasteiger partial charge >= 0.3 is 0 Å². The lowest BCUT2D eigenvalue weighted by Crippen LogP contribution is -2.10. The zero-order valence-electron chi connectivity index (χ0n) is 12.0. The average Bonchev–Trinajstić information content (AvgIpc) is 2.38. The molecular formula is C12H12N2O8S2. The lowest BCUT2D eigenvalue weighted by molar-refractivity contribution is -0.114.